The van der Waals surface area contributed by atoms with Crippen LogP contribution in [0.25, 0.3) is 0 Å². The highest BCUT2D eigenvalue weighted by atomic mass is 16.1. The number of rotatable bonds is 5. The highest BCUT2D eigenvalue weighted by Gasteiger charge is 2.10. The van der Waals surface area contributed by atoms with E-state index in [0.717, 1.165) is 23.6 Å². The van der Waals surface area contributed by atoms with Crippen LogP contribution in [0.4, 0.5) is 11.5 Å². The van der Waals surface area contributed by atoms with E-state index in [1.807, 2.05) is 31.2 Å². The van der Waals surface area contributed by atoms with Crippen molar-refractivity contribution in [1.82, 2.24) is 15.5 Å². The van der Waals surface area contributed by atoms with Gasteiger partial charge >= 0.3 is 0 Å². The zero-order valence-electron chi connectivity index (χ0n) is 12.2. The molecule has 1 aromatic heterocycles. The summed E-state index contributed by atoms with van der Waals surface area (Å²) in [4.78, 5) is 13.5. The number of amides is 1. The molecule has 21 heavy (non-hydrogen) atoms. The molecule has 1 amide bonds. The molecule has 0 saturated carbocycles. The molecule has 0 spiro atoms. The number of anilines is 2. The van der Waals surface area contributed by atoms with Gasteiger partial charge in [0.2, 0.25) is 0 Å². The Kier molecular flexibility index (Phi) is 4.71. The Morgan fingerprint density at radius 2 is 2.10 bits per heavy atom. The molecular weight excluding hydrogens is 266 g/mol. The fourth-order valence-electron chi connectivity index (χ4n) is 2.01. The highest BCUT2D eigenvalue weighted by molar-refractivity contribution is 5.91. The van der Waals surface area contributed by atoms with E-state index >= 15 is 0 Å². The van der Waals surface area contributed by atoms with Gasteiger partial charge < -0.3 is 16.0 Å². The number of nitrogen functional groups attached to an aromatic ring is 1. The van der Waals surface area contributed by atoms with E-state index in [1.54, 1.807) is 19.2 Å². The molecule has 6 heteroatoms. The van der Waals surface area contributed by atoms with Crippen LogP contribution in [0.15, 0.2) is 36.4 Å². The van der Waals surface area contributed by atoms with E-state index in [4.69, 9.17) is 5.73 Å². The summed E-state index contributed by atoms with van der Waals surface area (Å²) in [7, 11) is 1.57. The Balaban J connectivity index is 2.15. The molecular formula is C15H19N5O. The van der Waals surface area contributed by atoms with Crippen LogP contribution in [0, 0.1) is 0 Å². The Bertz CT molecular complexity index is 612. The first kappa shape index (κ1) is 14.8. The van der Waals surface area contributed by atoms with Gasteiger partial charge in [-0.25, -0.2) is 0 Å². The molecule has 110 valence electrons. The fourth-order valence-corrected chi connectivity index (χ4v) is 2.01. The topological polar surface area (TPSA) is 84.1 Å². The first-order valence-electron chi connectivity index (χ1n) is 6.79. The van der Waals surface area contributed by atoms with E-state index in [2.05, 4.69) is 20.4 Å². The molecule has 2 rings (SSSR count). The second-order valence-electron chi connectivity index (χ2n) is 4.62. The summed E-state index contributed by atoms with van der Waals surface area (Å²) < 4.78 is 0. The minimum absolute atomic E-state index is 0.243. The standard InChI is InChI=1S/C15H19N5O/c1-3-20(10-11-5-4-6-12(16)9-11)14-8-7-13(18-19-14)15(21)17-2/h4-9H,3,10,16H2,1-2H3,(H,17,21). The number of nitrogens with two attached hydrogens (primary N) is 1. The normalized spacial score (nSPS) is 10.2. The van der Waals surface area contributed by atoms with Crippen molar-refractivity contribution in [1.29, 1.82) is 0 Å². The second-order valence-corrected chi connectivity index (χ2v) is 4.62. The van der Waals surface area contributed by atoms with E-state index in [0.29, 0.717) is 12.2 Å². The van der Waals surface area contributed by atoms with Crippen molar-refractivity contribution < 1.29 is 4.79 Å². The lowest BCUT2D eigenvalue weighted by Gasteiger charge is -2.21. The second kappa shape index (κ2) is 6.69. The third-order valence-electron chi connectivity index (χ3n) is 3.14. The lowest BCUT2D eigenvalue weighted by Crippen LogP contribution is -2.25. The SMILES string of the molecule is CCN(Cc1cccc(N)c1)c1ccc(C(=O)NC)nn1. The van der Waals surface area contributed by atoms with Crippen molar-refractivity contribution in [2.24, 2.45) is 0 Å². The molecule has 1 aromatic carbocycles. The van der Waals surface area contributed by atoms with E-state index in [9.17, 15) is 4.79 Å². The number of nitrogens with one attached hydrogen (secondary N) is 1. The van der Waals surface area contributed by atoms with Crippen LogP contribution < -0.4 is 16.0 Å². The first-order chi connectivity index (χ1) is 10.1. The van der Waals surface area contributed by atoms with Gasteiger partial charge in [-0.2, -0.15) is 0 Å². The third-order valence-corrected chi connectivity index (χ3v) is 3.14. The van der Waals surface area contributed by atoms with E-state index in [-0.39, 0.29) is 5.91 Å². The van der Waals surface area contributed by atoms with Crippen LogP contribution in [0.5, 0.6) is 0 Å². The van der Waals surface area contributed by atoms with Gasteiger partial charge in [-0.15, -0.1) is 10.2 Å². The summed E-state index contributed by atoms with van der Waals surface area (Å²) >= 11 is 0. The molecule has 0 fully saturated rings. The van der Waals surface area contributed by atoms with Crippen LogP contribution in [-0.4, -0.2) is 29.7 Å². The maximum absolute atomic E-state index is 11.5. The van der Waals surface area contributed by atoms with Gasteiger partial charge in [0, 0.05) is 25.8 Å². The monoisotopic (exact) mass is 285 g/mol. The molecule has 0 atom stereocenters. The van der Waals surface area contributed by atoms with Crippen LogP contribution in [0.1, 0.15) is 23.0 Å². The summed E-state index contributed by atoms with van der Waals surface area (Å²) in [5.41, 5.74) is 7.94. The molecule has 6 nitrogen and oxygen atoms in total. The van der Waals surface area contributed by atoms with Gasteiger partial charge in [0.15, 0.2) is 11.5 Å². The van der Waals surface area contributed by atoms with Gasteiger partial charge in [-0.1, -0.05) is 12.1 Å². The van der Waals surface area contributed by atoms with Crippen LogP contribution in [-0.2, 0) is 6.54 Å². The Morgan fingerprint density at radius 3 is 2.67 bits per heavy atom. The molecule has 0 saturated heterocycles. The first-order valence-corrected chi connectivity index (χ1v) is 6.79. The number of nitrogens with zero attached hydrogens (tertiary/aromatic N) is 3. The Labute approximate surface area is 124 Å². The summed E-state index contributed by atoms with van der Waals surface area (Å²) in [5.74, 6) is 0.487. The number of hydrogen-bond donors (Lipinski definition) is 2. The summed E-state index contributed by atoms with van der Waals surface area (Å²) in [6.07, 6.45) is 0. The average molecular weight is 285 g/mol. The van der Waals surface area contributed by atoms with Gasteiger partial charge in [-0.05, 0) is 36.8 Å². The summed E-state index contributed by atoms with van der Waals surface area (Å²) in [6, 6.07) is 11.2. The van der Waals surface area contributed by atoms with Gasteiger partial charge in [0.05, 0.1) is 0 Å². The summed E-state index contributed by atoms with van der Waals surface area (Å²) in [6.45, 7) is 3.51. The molecule has 1 heterocycles. The Hall–Kier alpha value is -2.63. The van der Waals surface area contributed by atoms with Crippen molar-refractivity contribution >= 4 is 17.4 Å². The fraction of sp³-hybridized carbons (Fsp3) is 0.267. The molecule has 0 aliphatic heterocycles. The minimum Gasteiger partial charge on any atom is -0.399 e. The molecule has 0 aliphatic rings. The number of aromatic nitrogens is 2. The van der Waals surface area contributed by atoms with Crippen LogP contribution in [0.2, 0.25) is 0 Å². The predicted octanol–water partition coefficient (Wildman–Crippen LogP) is 1.44. The molecule has 0 aliphatic carbocycles. The maximum Gasteiger partial charge on any atom is 0.271 e. The van der Waals surface area contributed by atoms with E-state index in [1.165, 1.54) is 0 Å². The zero-order valence-corrected chi connectivity index (χ0v) is 12.2. The van der Waals surface area contributed by atoms with Crippen molar-refractivity contribution in [2.75, 3.05) is 24.2 Å². The smallest absolute Gasteiger partial charge is 0.271 e. The molecule has 0 radical (unpaired) electrons. The predicted molar refractivity (Wildman–Crippen MR) is 83.0 cm³/mol. The van der Waals surface area contributed by atoms with Crippen molar-refractivity contribution in [3.8, 4) is 0 Å². The van der Waals surface area contributed by atoms with Crippen molar-refractivity contribution in [3.63, 3.8) is 0 Å². The zero-order chi connectivity index (χ0) is 15.2. The number of benzene rings is 1. The number of hydrogen-bond acceptors (Lipinski definition) is 5. The minimum atomic E-state index is -0.243. The highest BCUT2D eigenvalue weighted by Crippen LogP contribution is 2.15. The van der Waals surface area contributed by atoms with Crippen molar-refractivity contribution in [3.05, 3.63) is 47.7 Å². The molecule has 0 bridgehead atoms. The van der Waals surface area contributed by atoms with Crippen LogP contribution >= 0.6 is 0 Å². The Morgan fingerprint density at radius 1 is 1.29 bits per heavy atom. The molecule has 0 unspecified atom stereocenters. The van der Waals surface area contributed by atoms with Crippen molar-refractivity contribution in [2.45, 2.75) is 13.5 Å². The van der Waals surface area contributed by atoms with Gasteiger partial charge in [-0.3, -0.25) is 4.79 Å². The van der Waals surface area contributed by atoms with Gasteiger partial charge in [0.25, 0.3) is 5.91 Å². The quantitative estimate of drug-likeness (QED) is 0.812. The number of carbonyl (C=O) groups is 1. The molecule has 2 aromatic rings. The van der Waals surface area contributed by atoms with Crippen LogP contribution in [0.3, 0.4) is 0 Å². The maximum atomic E-state index is 11.5. The number of carbonyl (C=O) groups excluding carboxylic acids is 1. The van der Waals surface area contributed by atoms with Gasteiger partial charge in [0.1, 0.15) is 0 Å². The summed E-state index contributed by atoms with van der Waals surface area (Å²) in [5, 5.41) is 10.6. The average Bonchev–Trinajstić information content (AvgIpc) is 2.52. The third kappa shape index (κ3) is 3.68. The van der Waals surface area contributed by atoms with E-state index < -0.39 is 0 Å². The lowest BCUT2D eigenvalue weighted by molar-refractivity contribution is 0.0957. The largest absolute Gasteiger partial charge is 0.399 e. The molecule has 3 N–H and O–H groups in total. The lowest BCUT2D eigenvalue weighted by atomic mass is 10.2.